The smallest absolute Gasteiger partial charge is 0.254 e. The van der Waals surface area contributed by atoms with Crippen molar-refractivity contribution in [1.29, 1.82) is 0 Å². The molecule has 6 heteroatoms. The minimum Gasteiger partial charge on any atom is -0.361 e. The van der Waals surface area contributed by atoms with Crippen molar-refractivity contribution in [1.82, 2.24) is 10.2 Å². The summed E-state index contributed by atoms with van der Waals surface area (Å²) < 4.78 is 19.4. The fraction of sp³-hybridized carbons (Fsp3) is 0.391. The van der Waals surface area contributed by atoms with Gasteiger partial charge in [-0.2, -0.15) is 0 Å². The minimum atomic E-state index is -1.16. The van der Waals surface area contributed by atoms with Gasteiger partial charge in [0.25, 0.3) is 5.91 Å². The molecule has 0 bridgehead atoms. The van der Waals surface area contributed by atoms with Crippen molar-refractivity contribution in [2.75, 3.05) is 26.7 Å². The van der Waals surface area contributed by atoms with E-state index in [1.807, 2.05) is 31.2 Å². The molecule has 1 saturated heterocycles. The first-order valence-corrected chi connectivity index (χ1v) is 9.97. The molecule has 0 aromatic heterocycles. The monoisotopic (exact) mass is 398 g/mol. The number of rotatable bonds is 6. The van der Waals surface area contributed by atoms with Crippen LogP contribution in [0, 0.1) is 5.82 Å². The molecule has 0 radical (unpaired) electrons. The highest BCUT2D eigenvalue weighted by Gasteiger charge is 2.44. The van der Waals surface area contributed by atoms with Crippen molar-refractivity contribution in [3.05, 3.63) is 59.9 Å². The van der Waals surface area contributed by atoms with E-state index in [0.29, 0.717) is 26.0 Å². The molecule has 3 rings (SSSR count). The highest BCUT2D eigenvalue weighted by Crippen LogP contribution is 2.30. The van der Waals surface area contributed by atoms with E-state index in [-0.39, 0.29) is 24.2 Å². The Bertz CT molecular complexity index is 869. The molecule has 154 valence electrons. The number of amides is 2. The van der Waals surface area contributed by atoms with Gasteiger partial charge in [0.1, 0.15) is 5.82 Å². The Morgan fingerprint density at radius 1 is 1.17 bits per heavy atom. The summed E-state index contributed by atoms with van der Waals surface area (Å²) in [5.74, 6) is -0.509. The Morgan fingerprint density at radius 2 is 1.90 bits per heavy atom. The second-order valence-corrected chi connectivity index (χ2v) is 7.33. The number of nitrogens with one attached hydrogen (secondary N) is 1. The van der Waals surface area contributed by atoms with Crippen molar-refractivity contribution in [3.63, 3.8) is 0 Å². The third-order valence-electron chi connectivity index (χ3n) is 5.29. The number of halogens is 1. The van der Waals surface area contributed by atoms with Crippen LogP contribution in [0.1, 0.15) is 25.3 Å². The molecule has 2 aromatic rings. The Kier molecular flexibility index (Phi) is 6.64. The number of nitrogens with zero attached hydrogens (tertiary/aromatic N) is 1. The number of hydrogen-bond acceptors (Lipinski definition) is 3. The van der Waals surface area contributed by atoms with Gasteiger partial charge in [0, 0.05) is 26.4 Å². The van der Waals surface area contributed by atoms with Crippen LogP contribution in [-0.4, -0.2) is 49.1 Å². The number of morpholine rings is 1. The first kappa shape index (κ1) is 21.0. The molecule has 0 unspecified atom stereocenters. The average molecular weight is 398 g/mol. The number of benzene rings is 2. The highest BCUT2D eigenvalue weighted by atomic mass is 19.1. The van der Waals surface area contributed by atoms with Crippen LogP contribution in [0.25, 0.3) is 11.1 Å². The maximum atomic E-state index is 13.4. The quantitative estimate of drug-likeness (QED) is 0.813. The molecule has 1 fully saturated rings. The maximum absolute atomic E-state index is 13.4. The number of hydrogen-bond donors (Lipinski definition) is 1. The van der Waals surface area contributed by atoms with Crippen molar-refractivity contribution in [2.24, 2.45) is 0 Å². The Labute approximate surface area is 170 Å². The normalized spacial score (nSPS) is 19.1. The summed E-state index contributed by atoms with van der Waals surface area (Å²) >= 11 is 0. The largest absolute Gasteiger partial charge is 0.361 e. The minimum absolute atomic E-state index is 0.0379. The van der Waals surface area contributed by atoms with E-state index in [4.69, 9.17) is 4.74 Å². The summed E-state index contributed by atoms with van der Waals surface area (Å²) in [4.78, 5) is 27.1. The third kappa shape index (κ3) is 4.65. The summed E-state index contributed by atoms with van der Waals surface area (Å²) in [6.45, 7) is 2.96. The number of ether oxygens (including phenoxy) is 1. The molecule has 0 aliphatic carbocycles. The van der Waals surface area contributed by atoms with Crippen LogP contribution >= 0.6 is 0 Å². The zero-order valence-corrected chi connectivity index (χ0v) is 16.9. The van der Waals surface area contributed by atoms with Crippen molar-refractivity contribution >= 4 is 11.8 Å². The van der Waals surface area contributed by atoms with E-state index in [1.54, 1.807) is 24.1 Å². The standard InChI is InChI=1S/C23H27FN2O3/c1-3-6-21(27)26-13-14-29-23(16-26,22(28)25-2)15-18-7-4-5-8-20(18)17-9-11-19(24)12-10-17/h4-5,7-12H,3,6,13-16H2,1-2H3,(H,25,28)/t23-/m1/s1. The van der Waals surface area contributed by atoms with E-state index < -0.39 is 5.60 Å². The second-order valence-electron chi connectivity index (χ2n) is 7.33. The van der Waals surface area contributed by atoms with Crippen LogP contribution in [0.3, 0.4) is 0 Å². The molecule has 0 saturated carbocycles. The predicted octanol–water partition coefficient (Wildman–Crippen LogP) is 3.18. The van der Waals surface area contributed by atoms with E-state index in [9.17, 15) is 14.0 Å². The first-order chi connectivity index (χ1) is 14.0. The molecule has 29 heavy (non-hydrogen) atoms. The van der Waals surface area contributed by atoms with Gasteiger partial charge in [0.15, 0.2) is 5.60 Å². The Morgan fingerprint density at radius 3 is 2.59 bits per heavy atom. The topological polar surface area (TPSA) is 58.6 Å². The number of carbonyl (C=O) groups is 2. The maximum Gasteiger partial charge on any atom is 0.254 e. The van der Waals surface area contributed by atoms with Gasteiger partial charge in [-0.1, -0.05) is 43.3 Å². The SMILES string of the molecule is CCCC(=O)N1CCO[C@@](Cc2ccccc2-c2ccc(F)cc2)(C(=O)NC)C1. The summed E-state index contributed by atoms with van der Waals surface area (Å²) in [7, 11) is 1.58. The summed E-state index contributed by atoms with van der Waals surface area (Å²) in [6.07, 6.45) is 1.53. The predicted molar refractivity (Wildman–Crippen MR) is 110 cm³/mol. The highest BCUT2D eigenvalue weighted by molar-refractivity contribution is 5.87. The van der Waals surface area contributed by atoms with Gasteiger partial charge < -0.3 is 15.0 Å². The van der Waals surface area contributed by atoms with Gasteiger partial charge in [-0.3, -0.25) is 9.59 Å². The van der Waals surface area contributed by atoms with E-state index in [1.165, 1.54) is 12.1 Å². The van der Waals surface area contributed by atoms with Gasteiger partial charge in [-0.25, -0.2) is 4.39 Å². The second kappa shape index (κ2) is 9.18. The molecule has 1 heterocycles. The Balaban J connectivity index is 1.95. The van der Waals surface area contributed by atoms with Crippen molar-refractivity contribution in [3.8, 4) is 11.1 Å². The van der Waals surface area contributed by atoms with Gasteiger partial charge >= 0.3 is 0 Å². The first-order valence-electron chi connectivity index (χ1n) is 9.97. The van der Waals surface area contributed by atoms with Crippen LogP contribution in [0.4, 0.5) is 4.39 Å². The van der Waals surface area contributed by atoms with Crippen molar-refractivity contribution < 1.29 is 18.7 Å². The summed E-state index contributed by atoms with van der Waals surface area (Å²) in [5, 5.41) is 2.70. The summed E-state index contributed by atoms with van der Waals surface area (Å²) in [5.41, 5.74) is 1.53. The zero-order chi connectivity index (χ0) is 20.9. The van der Waals surface area contributed by atoms with Crippen LogP contribution in [0.15, 0.2) is 48.5 Å². The summed E-state index contributed by atoms with van der Waals surface area (Å²) in [6, 6.07) is 14.0. The molecule has 0 spiro atoms. The number of likely N-dealkylation sites (N-methyl/N-ethyl adjacent to an activating group) is 1. The Hall–Kier alpha value is -2.73. The molecule has 1 aliphatic heterocycles. The molecule has 2 amide bonds. The lowest BCUT2D eigenvalue weighted by Gasteiger charge is -2.41. The zero-order valence-electron chi connectivity index (χ0n) is 16.9. The molecule has 2 aromatic carbocycles. The lowest BCUT2D eigenvalue weighted by atomic mass is 9.87. The van der Waals surface area contributed by atoms with Gasteiger partial charge in [0.2, 0.25) is 5.91 Å². The number of carbonyl (C=O) groups excluding carboxylic acids is 2. The fourth-order valence-electron chi connectivity index (χ4n) is 3.81. The van der Waals surface area contributed by atoms with Gasteiger partial charge in [-0.05, 0) is 35.2 Å². The molecule has 1 N–H and O–H groups in total. The molecule has 5 nitrogen and oxygen atoms in total. The van der Waals surface area contributed by atoms with Crippen LogP contribution < -0.4 is 5.32 Å². The van der Waals surface area contributed by atoms with Gasteiger partial charge in [-0.15, -0.1) is 0 Å². The van der Waals surface area contributed by atoms with E-state index in [0.717, 1.165) is 23.1 Å². The lowest BCUT2D eigenvalue weighted by molar-refractivity contribution is -0.165. The lowest BCUT2D eigenvalue weighted by Crippen LogP contribution is -2.61. The molecular weight excluding hydrogens is 371 g/mol. The van der Waals surface area contributed by atoms with Crippen LogP contribution in [-0.2, 0) is 20.7 Å². The molecule has 1 atom stereocenters. The average Bonchev–Trinajstić information content (AvgIpc) is 2.74. The van der Waals surface area contributed by atoms with Crippen molar-refractivity contribution in [2.45, 2.75) is 31.8 Å². The van der Waals surface area contributed by atoms with E-state index >= 15 is 0 Å². The molecule has 1 aliphatic rings. The van der Waals surface area contributed by atoms with Crippen LogP contribution in [0.5, 0.6) is 0 Å². The molecular formula is C23H27FN2O3. The van der Waals surface area contributed by atoms with Gasteiger partial charge in [0.05, 0.1) is 13.2 Å². The van der Waals surface area contributed by atoms with E-state index in [2.05, 4.69) is 5.32 Å². The van der Waals surface area contributed by atoms with Crippen LogP contribution in [0.2, 0.25) is 0 Å². The fourth-order valence-corrected chi connectivity index (χ4v) is 3.81. The third-order valence-corrected chi connectivity index (χ3v) is 5.29.